The number of H-pyrrole nitrogens is 1. The van der Waals surface area contributed by atoms with Crippen LogP contribution in [0.25, 0.3) is 11.3 Å². The summed E-state index contributed by atoms with van der Waals surface area (Å²) in [6, 6.07) is 4.99. The van der Waals surface area contributed by atoms with Crippen molar-refractivity contribution in [3.8, 4) is 11.3 Å². The maximum absolute atomic E-state index is 14.2. The van der Waals surface area contributed by atoms with E-state index < -0.39 is 5.60 Å². The van der Waals surface area contributed by atoms with Crippen LogP contribution in [0.15, 0.2) is 28.9 Å². The lowest BCUT2D eigenvalue weighted by molar-refractivity contribution is 0.0175. The van der Waals surface area contributed by atoms with Crippen molar-refractivity contribution < 1.29 is 13.9 Å². The number of hydrogen-bond acceptors (Lipinski definition) is 3. The first-order valence-electron chi connectivity index (χ1n) is 8.74. The van der Waals surface area contributed by atoms with Gasteiger partial charge in [-0.3, -0.25) is 4.90 Å². The van der Waals surface area contributed by atoms with Crippen LogP contribution in [0.1, 0.15) is 45.5 Å². The van der Waals surface area contributed by atoms with E-state index in [2.05, 4.69) is 25.9 Å². The topological polar surface area (TPSA) is 58.2 Å². The molecule has 2 aromatic rings. The predicted molar refractivity (Wildman–Crippen MR) is 99.0 cm³/mol. The van der Waals surface area contributed by atoms with E-state index in [1.165, 1.54) is 6.07 Å². The van der Waals surface area contributed by atoms with Crippen LogP contribution in [-0.2, 0) is 4.74 Å². The highest BCUT2D eigenvalue weighted by atomic mass is 79.9. The van der Waals surface area contributed by atoms with Crippen molar-refractivity contribution in [1.29, 1.82) is 0 Å². The summed E-state index contributed by atoms with van der Waals surface area (Å²) >= 11 is 3.26. The molecule has 2 heterocycles. The molecular formula is C19H21BrFN3O2. The van der Waals surface area contributed by atoms with Crippen LogP contribution in [0.5, 0.6) is 0 Å². The number of amides is 1. The van der Waals surface area contributed by atoms with Gasteiger partial charge in [0.05, 0.1) is 17.9 Å². The molecule has 1 aliphatic carbocycles. The summed E-state index contributed by atoms with van der Waals surface area (Å²) in [5.74, 6) is 0.860. The minimum atomic E-state index is -0.538. The van der Waals surface area contributed by atoms with Crippen molar-refractivity contribution in [2.45, 2.75) is 51.3 Å². The molecule has 2 aliphatic rings. The first kappa shape index (κ1) is 17.5. The molecule has 0 bridgehead atoms. The predicted octanol–water partition coefficient (Wildman–Crippen LogP) is 5.05. The molecule has 2 fully saturated rings. The Kier molecular flexibility index (Phi) is 4.10. The molecule has 0 unspecified atom stereocenters. The van der Waals surface area contributed by atoms with Gasteiger partial charge >= 0.3 is 6.09 Å². The Morgan fingerprint density at radius 2 is 2.15 bits per heavy atom. The third kappa shape index (κ3) is 3.24. The number of aromatic nitrogens is 2. The van der Waals surface area contributed by atoms with Crippen LogP contribution in [0.3, 0.4) is 0 Å². The lowest BCUT2D eigenvalue weighted by Crippen LogP contribution is -2.38. The number of ether oxygens (including phenoxy) is 1. The fraction of sp³-hybridized carbons (Fsp3) is 0.474. The molecule has 7 heteroatoms. The number of likely N-dealkylation sites (tertiary alicyclic amines) is 1. The fourth-order valence-corrected chi connectivity index (χ4v) is 3.96. The summed E-state index contributed by atoms with van der Waals surface area (Å²) in [7, 11) is 0. The van der Waals surface area contributed by atoms with Gasteiger partial charge in [0.25, 0.3) is 0 Å². The molecule has 1 aromatic heterocycles. The van der Waals surface area contributed by atoms with E-state index in [4.69, 9.17) is 4.74 Å². The number of nitrogens with zero attached hydrogens (tertiary/aromatic N) is 2. The van der Waals surface area contributed by atoms with Crippen molar-refractivity contribution in [1.82, 2.24) is 14.9 Å². The number of carbonyl (C=O) groups excluding carboxylic acids is 1. The van der Waals surface area contributed by atoms with Gasteiger partial charge in [-0.05, 0) is 57.7 Å². The summed E-state index contributed by atoms with van der Waals surface area (Å²) in [5, 5.41) is 0. The quantitative estimate of drug-likeness (QED) is 0.737. The van der Waals surface area contributed by atoms with E-state index in [0.717, 1.165) is 12.8 Å². The normalized spacial score (nSPS) is 24.5. The molecule has 1 amide bonds. The molecule has 4 rings (SSSR count). The molecule has 5 nitrogen and oxygen atoms in total. The molecular weight excluding hydrogens is 401 g/mol. The van der Waals surface area contributed by atoms with Crippen LogP contribution >= 0.6 is 15.9 Å². The maximum atomic E-state index is 14.2. The number of rotatable bonds is 2. The number of carbonyl (C=O) groups is 1. The van der Waals surface area contributed by atoms with E-state index in [9.17, 15) is 9.18 Å². The monoisotopic (exact) mass is 421 g/mol. The number of nitrogens with one attached hydrogen (secondary N) is 1. The van der Waals surface area contributed by atoms with Gasteiger partial charge in [0, 0.05) is 16.1 Å². The Labute approximate surface area is 160 Å². The van der Waals surface area contributed by atoms with E-state index in [1.807, 2.05) is 20.8 Å². The van der Waals surface area contributed by atoms with Crippen LogP contribution in [-0.4, -0.2) is 32.6 Å². The molecule has 0 radical (unpaired) electrons. The average molecular weight is 422 g/mol. The highest BCUT2D eigenvalue weighted by molar-refractivity contribution is 9.10. The van der Waals surface area contributed by atoms with Gasteiger partial charge in [-0.1, -0.05) is 15.9 Å². The summed E-state index contributed by atoms with van der Waals surface area (Å²) in [4.78, 5) is 22.1. The second-order valence-corrected chi connectivity index (χ2v) is 8.92. The van der Waals surface area contributed by atoms with Gasteiger partial charge in [-0.25, -0.2) is 14.2 Å². The van der Waals surface area contributed by atoms with E-state index in [1.54, 1.807) is 23.2 Å². The largest absolute Gasteiger partial charge is 0.444 e. The Bertz CT molecular complexity index is 861. The van der Waals surface area contributed by atoms with Crippen molar-refractivity contribution >= 4 is 22.0 Å². The number of benzene rings is 1. The van der Waals surface area contributed by atoms with Crippen LogP contribution in [0, 0.1) is 11.7 Å². The third-order valence-corrected chi connectivity index (χ3v) is 5.33. The summed E-state index contributed by atoms with van der Waals surface area (Å²) in [5.41, 5.74) is 0.525. The van der Waals surface area contributed by atoms with Gasteiger partial charge in [0.2, 0.25) is 0 Å². The lowest BCUT2D eigenvalue weighted by atomic mass is 10.1. The first-order chi connectivity index (χ1) is 12.2. The number of fused-ring (bicyclic) bond motifs is 1. The summed E-state index contributed by atoms with van der Waals surface area (Å²) in [6.45, 7) is 5.59. The van der Waals surface area contributed by atoms with E-state index in [0.29, 0.717) is 27.5 Å². The number of aromatic amines is 1. The Morgan fingerprint density at radius 1 is 1.38 bits per heavy atom. The van der Waals surface area contributed by atoms with Crippen LogP contribution in [0.2, 0.25) is 0 Å². The zero-order valence-electron chi connectivity index (χ0n) is 14.9. The average Bonchev–Trinajstić information content (AvgIpc) is 2.96. The SMILES string of the molecule is CC(C)(C)OC(=O)N1[C@@H]2C[C@@H]2C[C@H]1c1ncc(-c2ccc(Br)cc2F)[nH]1. The summed E-state index contributed by atoms with van der Waals surface area (Å²) < 4.78 is 20.5. The van der Waals surface area contributed by atoms with Gasteiger partial charge in [0.15, 0.2) is 0 Å². The minimum absolute atomic E-state index is 0.152. The number of piperidine rings is 1. The highest BCUT2D eigenvalue weighted by Crippen LogP contribution is 2.53. The summed E-state index contributed by atoms with van der Waals surface area (Å²) in [6.07, 6.45) is 3.20. The zero-order valence-corrected chi connectivity index (χ0v) is 16.5. The molecule has 1 N–H and O–H groups in total. The van der Waals surface area contributed by atoms with Crippen molar-refractivity contribution in [3.05, 3.63) is 40.5 Å². The Morgan fingerprint density at radius 3 is 2.85 bits per heavy atom. The molecule has 1 saturated heterocycles. The maximum Gasteiger partial charge on any atom is 0.411 e. The Balaban J connectivity index is 1.59. The smallest absolute Gasteiger partial charge is 0.411 e. The lowest BCUT2D eigenvalue weighted by Gasteiger charge is -2.29. The van der Waals surface area contributed by atoms with E-state index in [-0.39, 0.29) is 24.0 Å². The molecule has 3 atom stereocenters. The fourth-order valence-electron chi connectivity index (χ4n) is 3.63. The minimum Gasteiger partial charge on any atom is -0.444 e. The zero-order chi connectivity index (χ0) is 18.6. The molecule has 26 heavy (non-hydrogen) atoms. The first-order valence-corrected chi connectivity index (χ1v) is 9.54. The van der Waals surface area contributed by atoms with Crippen LogP contribution in [0.4, 0.5) is 9.18 Å². The number of hydrogen-bond donors (Lipinski definition) is 1. The van der Waals surface area contributed by atoms with Crippen LogP contribution < -0.4 is 0 Å². The van der Waals surface area contributed by atoms with Gasteiger partial charge in [-0.15, -0.1) is 0 Å². The van der Waals surface area contributed by atoms with Crippen molar-refractivity contribution in [2.24, 2.45) is 5.92 Å². The van der Waals surface area contributed by atoms with Gasteiger partial charge < -0.3 is 9.72 Å². The van der Waals surface area contributed by atoms with E-state index >= 15 is 0 Å². The number of halogens is 2. The Hall–Kier alpha value is -1.89. The van der Waals surface area contributed by atoms with Crippen molar-refractivity contribution in [2.75, 3.05) is 0 Å². The highest BCUT2D eigenvalue weighted by Gasteiger charge is 2.56. The molecule has 1 aromatic carbocycles. The number of imidazole rings is 1. The second kappa shape index (κ2) is 6.08. The molecule has 1 aliphatic heterocycles. The third-order valence-electron chi connectivity index (χ3n) is 4.84. The van der Waals surface area contributed by atoms with Crippen molar-refractivity contribution in [3.63, 3.8) is 0 Å². The molecule has 1 saturated carbocycles. The standard InChI is InChI=1S/C19H21BrFN3O2/c1-19(2,3)26-18(25)24-15-6-10(15)7-16(24)17-22-9-14(23-17)12-5-4-11(20)8-13(12)21/h4-5,8-10,15-16H,6-7H2,1-3H3,(H,22,23)/t10-,15-,16+/m1/s1. The molecule has 0 spiro atoms. The van der Waals surface area contributed by atoms with Gasteiger partial charge in [-0.2, -0.15) is 0 Å². The molecule has 138 valence electrons. The second-order valence-electron chi connectivity index (χ2n) is 8.01. The van der Waals surface area contributed by atoms with Gasteiger partial charge in [0.1, 0.15) is 17.2 Å².